The molecule has 0 saturated heterocycles. The lowest BCUT2D eigenvalue weighted by molar-refractivity contribution is 0.283. The Morgan fingerprint density at radius 1 is 0.769 bits per heavy atom. The van der Waals surface area contributed by atoms with Crippen LogP contribution in [0.25, 0.3) is 6.08 Å². The van der Waals surface area contributed by atoms with Crippen LogP contribution in [0, 0.1) is 0 Å². The van der Waals surface area contributed by atoms with Gasteiger partial charge < -0.3 is 24.3 Å². The minimum absolute atomic E-state index is 0.00215. The number of fused-ring (bicyclic) bond motifs is 1. The maximum absolute atomic E-state index is 6.63. The summed E-state index contributed by atoms with van der Waals surface area (Å²) in [5.41, 5.74) is 5.44. The fourth-order valence-electron chi connectivity index (χ4n) is 4.66. The van der Waals surface area contributed by atoms with E-state index in [1.807, 2.05) is 60.7 Å². The zero-order valence-electron chi connectivity index (χ0n) is 22.2. The molecule has 1 atom stereocenters. The van der Waals surface area contributed by atoms with Gasteiger partial charge in [0.05, 0.1) is 25.3 Å². The quantitative estimate of drug-likeness (QED) is 0.226. The fourth-order valence-corrected chi connectivity index (χ4v) is 4.88. The second-order valence-corrected chi connectivity index (χ2v) is 9.72. The molecule has 0 aliphatic carbocycles. The summed E-state index contributed by atoms with van der Waals surface area (Å²) in [5.74, 6) is 2.71. The molecule has 1 aliphatic rings. The van der Waals surface area contributed by atoms with Gasteiger partial charge in [0.2, 0.25) is 0 Å². The third-order valence-electron chi connectivity index (χ3n) is 6.74. The van der Waals surface area contributed by atoms with Gasteiger partial charge in [-0.15, -0.1) is 0 Å². The van der Waals surface area contributed by atoms with Crippen molar-refractivity contribution in [3.05, 3.63) is 124 Å². The highest BCUT2D eigenvalue weighted by Gasteiger charge is 2.21. The summed E-state index contributed by atoms with van der Waals surface area (Å²) in [4.78, 5) is 0. The summed E-state index contributed by atoms with van der Waals surface area (Å²) in [5, 5.41) is 4.19. The standard InChI is InChI=1S/C33H32ClNO4/c1-36-30-19-27-25(17-32(30)38-21-23-9-5-3-6-10-23)15-16-35-29(27)14-13-26-18-33(31(37-2)20-28(26)34)39-22-24-11-7-4-8-12-24/h3-14,17-20,29,35H,15-16,21-22H2,1-2H3/b14-13+. The van der Waals surface area contributed by atoms with Crippen LogP contribution in [0.3, 0.4) is 0 Å². The molecule has 4 aromatic carbocycles. The lowest BCUT2D eigenvalue weighted by Crippen LogP contribution is -2.28. The van der Waals surface area contributed by atoms with Crippen molar-refractivity contribution >= 4 is 17.7 Å². The van der Waals surface area contributed by atoms with Gasteiger partial charge in [0.15, 0.2) is 23.0 Å². The zero-order chi connectivity index (χ0) is 27.0. The Morgan fingerprint density at radius 3 is 1.97 bits per heavy atom. The van der Waals surface area contributed by atoms with Gasteiger partial charge in [-0.1, -0.05) is 84.4 Å². The van der Waals surface area contributed by atoms with Gasteiger partial charge in [-0.25, -0.2) is 0 Å². The molecular weight excluding hydrogens is 510 g/mol. The first-order valence-electron chi connectivity index (χ1n) is 13.0. The third kappa shape index (κ3) is 6.56. The van der Waals surface area contributed by atoms with Crippen molar-refractivity contribution in [1.29, 1.82) is 0 Å². The molecule has 5 rings (SSSR count). The Morgan fingerprint density at radius 2 is 1.36 bits per heavy atom. The summed E-state index contributed by atoms with van der Waals surface area (Å²) in [6, 6.07) is 28.1. The predicted octanol–water partition coefficient (Wildman–Crippen LogP) is 7.42. The monoisotopic (exact) mass is 541 g/mol. The molecule has 0 spiro atoms. The van der Waals surface area contributed by atoms with E-state index in [2.05, 4.69) is 35.7 Å². The van der Waals surface area contributed by atoms with Gasteiger partial charge in [-0.05, 0) is 52.4 Å². The number of hydrogen-bond donors (Lipinski definition) is 1. The van der Waals surface area contributed by atoms with Gasteiger partial charge in [0.1, 0.15) is 13.2 Å². The second kappa shape index (κ2) is 12.7. The first-order valence-corrected chi connectivity index (χ1v) is 13.4. The van der Waals surface area contributed by atoms with Crippen molar-refractivity contribution in [2.45, 2.75) is 25.7 Å². The predicted molar refractivity (Wildman–Crippen MR) is 156 cm³/mol. The van der Waals surface area contributed by atoms with Gasteiger partial charge >= 0.3 is 0 Å². The summed E-state index contributed by atoms with van der Waals surface area (Å²) >= 11 is 6.63. The molecule has 1 aliphatic heterocycles. The van der Waals surface area contributed by atoms with Crippen molar-refractivity contribution < 1.29 is 18.9 Å². The molecule has 0 aromatic heterocycles. The number of rotatable bonds is 10. The second-order valence-electron chi connectivity index (χ2n) is 9.32. The van der Waals surface area contributed by atoms with Gasteiger partial charge in [0.25, 0.3) is 0 Å². The normalized spacial score (nSPS) is 14.6. The minimum Gasteiger partial charge on any atom is -0.493 e. The third-order valence-corrected chi connectivity index (χ3v) is 7.07. The number of methoxy groups -OCH3 is 2. The number of benzene rings is 4. The Hall–Kier alpha value is -3.93. The molecule has 4 aromatic rings. The van der Waals surface area contributed by atoms with Crippen molar-refractivity contribution in [3.8, 4) is 23.0 Å². The number of hydrogen-bond acceptors (Lipinski definition) is 5. The fraction of sp³-hybridized carbons (Fsp3) is 0.212. The van der Waals surface area contributed by atoms with Crippen molar-refractivity contribution in [3.63, 3.8) is 0 Å². The van der Waals surface area contributed by atoms with E-state index < -0.39 is 0 Å². The Bertz CT molecular complexity index is 1420. The highest BCUT2D eigenvalue weighted by molar-refractivity contribution is 6.32. The van der Waals surface area contributed by atoms with Crippen LogP contribution in [0.1, 0.15) is 33.9 Å². The molecule has 6 heteroatoms. The number of ether oxygens (including phenoxy) is 4. The molecule has 5 nitrogen and oxygen atoms in total. The zero-order valence-corrected chi connectivity index (χ0v) is 22.9. The summed E-state index contributed by atoms with van der Waals surface area (Å²) in [6.45, 7) is 1.78. The number of halogens is 1. The molecule has 200 valence electrons. The van der Waals surface area contributed by atoms with Crippen molar-refractivity contribution in [2.75, 3.05) is 20.8 Å². The molecule has 0 bridgehead atoms. The minimum atomic E-state index is -0.00215. The van der Waals surface area contributed by atoms with Crippen LogP contribution in [-0.4, -0.2) is 20.8 Å². The van der Waals surface area contributed by atoms with Gasteiger partial charge in [-0.3, -0.25) is 0 Å². The van der Waals surface area contributed by atoms with E-state index in [-0.39, 0.29) is 6.04 Å². The van der Waals surface area contributed by atoms with Crippen LogP contribution in [0.15, 0.2) is 91.0 Å². The summed E-state index contributed by atoms with van der Waals surface area (Å²) in [6.07, 6.45) is 5.05. The topological polar surface area (TPSA) is 49.0 Å². The molecule has 1 unspecified atom stereocenters. The molecule has 1 N–H and O–H groups in total. The lowest BCUT2D eigenvalue weighted by Gasteiger charge is -2.26. The molecule has 39 heavy (non-hydrogen) atoms. The first-order chi connectivity index (χ1) is 19.1. The van der Waals surface area contributed by atoms with Crippen LogP contribution >= 0.6 is 11.6 Å². The summed E-state index contributed by atoms with van der Waals surface area (Å²) < 4.78 is 23.5. The highest BCUT2D eigenvalue weighted by atomic mass is 35.5. The van der Waals surface area contributed by atoms with E-state index >= 15 is 0 Å². The SMILES string of the molecule is COc1cc(Cl)c(/C=C/C2NCCc3cc(OCc4ccccc4)c(OC)cc32)cc1OCc1ccccc1. The average molecular weight is 542 g/mol. The molecule has 1 heterocycles. The van der Waals surface area contributed by atoms with Crippen molar-refractivity contribution in [2.24, 2.45) is 0 Å². The average Bonchev–Trinajstić information content (AvgIpc) is 2.99. The van der Waals surface area contributed by atoms with E-state index in [0.717, 1.165) is 41.0 Å². The molecule has 0 amide bonds. The summed E-state index contributed by atoms with van der Waals surface area (Å²) in [7, 11) is 3.29. The van der Waals surface area contributed by atoms with Crippen LogP contribution in [0.2, 0.25) is 5.02 Å². The van der Waals surface area contributed by atoms with Crippen LogP contribution in [0.4, 0.5) is 0 Å². The van der Waals surface area contributed by atoms with E-state index in [1.165, 1.54) is 5.56 Å². The Labute approximate surface area is 234 Å². The maximum atomic E-state index is 6.63. The largest absolute Gasteiger partial charge is 0.493 e. The maximum Gasteiger partial charge on any atom is 0.162 e. The van der Waals surface area contributed by atoms with Crippen LogP contribution in [0.5, 0.6) is 23.0 Å². The Balaban J connectivity index is 1.36. The molecule has 0 fully saturated rings. The first kappa shape index (κ1) is 26.7. The number of nitrogens with one attached hydrogen (secondary N) is 1. The van der Waals surface area contributed by atoms with E-state index in [9.17, 15) is 0 Å². The van der Waals surface area contributed by atoms with Crippen LogP contribution in [-0.2, 0) is 19.6 Å². The molecule has 0 saturated carbocycles. The molecule has 0 radical (unpaired) electrons. The van der Waals surface area contributed by atoms with Crippen molar-refractivity contribution in [1.82, 2.24) is 5.32 Å². The smallest absolute Gasteiger partial charge is 0.162 e. The van der Waals surface area contributed by atoms with E-state index in [4.69, 9.17) is 30.5 Å². The molecular formula is C33H32ClNO4. The highest BCUT2D eigenvalue weighted by Crippen LogP contribution is 2.38. The van der Waals surface area contributed by atoms with E-state index in [0.29, 0.717) is 35.5 Å². The Kier molecular flexibility index (Phi) is 8.71. The van der Waals surface area contributed by atoms with Crippen LogP contribution < -0.4 is 24.3 Å². The van der Waals surface area contributed by atoms with Gasteiger partial charge in [0, 0.05) is 12.6 Å². The lowest BCUT2D eigenvalue weighted by atomic mass is 9.93. The van der Waals surface area contributed by atoms with Gasteiger partial charge in [-0.2, -0.15) is 0 Å². The van der Waals surface area contributed by atoms with E-state index in [1.54, 1.807) is 20.3 Å².